The molecule has 1 amide bonds. The van der Waals surface area contributed by atoms with Crippen molar-refractivity contribution < 1.29 is 9.53 Å². The van der Waals surface area contributed by atoms with Crippen molar-refractivity contribution in [2.75, 3.05) is 18.5 Å². The van der Waals surface area contributed by atoms with E-state index in [2.05, 4.69) is 21.2 Å². The summed E-state index contributed by atoms with van der Waals surface area (Å²) in [6, 6.07) is 5.55. The highest BCUT2D eigenvalue weighted by Crippen LogP contribution is 2.23. The van der Waals surface area contributed by atoms with Crippen molar-refractivity contribution in [2.45, 2.75) is 19.8 Å². The van der Waals surface area contributed by atoms with Crippen LogP contribution in [0, 0.1) is 0 Å². The number of carbonyl (C=O) groups excluding carboxylic acids is 1. The Morgan fingerprint density at radius 1 is 1.50 bits per heavy atom. The van der Waals surface area contributed by atoms with Crippen molar-refractivity contribution >= 4 is 33.4 Å². The number of amides is 1. The van der Waals surface area contributed by atoms with Gasteiger partial charge in [0, 0.05) is 23.3 Å². The number of hydrogen-bond acceptors (Lipinski definition) is 2. The van der Waals surface area contributed by atoms with Crippen LogP contribution in [0.4, 0.5) is 0 Å². The smallest absolute Gasteiger partial charge is 0.220 e. The molecule has 0 atom stereocenters. The van der Waals surface area contributed by atoms with Gasteiger partial charge in [0.2, 0.25) is 5.91 Å². The van der Waals surface area contributed by atoms with Gasteiger partial charge in [-0.05, 0) is 37.1 Å². The highest BCUT2D eigenvalue weighted by molar-refractivity contribution is 9.09. The minimum Gasteiger partial charge on any atom is -0.494 e. The molecule has 1 rings (SSSR count). The number of nitrogens with one attached hydrogen (secondary N) is 1. The second-order valence-corrected chi connectivity index (χ2v) is 4.95. The van der Waals surface area contributed by atoms with Gasteiger partial charge in [-0.25, -0.2) is 0 Å². The molecule has 0 radical (unpaired) electrons. The Morgan fingerprint density at radius 2 is 2.28 bits per heavy atom. The number of benzene rings is 1. The summed E-state index contributed by atoms with van der Waals surface area (Å²) in [6.45, 7) is 3.15. The summed E-state index contributed by atoms with van der Waals surface area (Å²) in [5.41, 5.74) is 1.02. The Kier molecular flexibility index (Phi) is 7.13. The molecule has 100 valence electrons. The molecule has 0 aliphatic carbocycles. The van der Waals surface area contributed by atoms with E-state index >= 15 is 0 Å². The molecule has 1 aromatic carbocycles. The normalized spacial score (nSPS) is 10.2. The van der Waals surface area contributed by atoms with Crippen LogP contribution in [-0.4, -0.2) is 24.4 Å². The van der Waals surface area contributed by atoms with E-state index in [1.54, 1.807) is 6.07 Å². The van der Waals surface area contributed by atoms with Crippen LogP contribution in [-0.2, 0) is 11.2 Å². The largest absolute Gasteiger partial charge is 0.494 e. The third-order valence-corrected chi connectivity index (χ3v) is 2.99. The molecule has 0 spiro atoms. The summed E-state index contributed by atoms with van der Waals surface area (Å²) in [4.78, 5) is 11.3. The van der Waals surface area contributed by atoms with Crippen LogP contribution >= 0.6 is 27.5 Å². The molecule has 1 aromatic rings. The molecule has 1 N–H and O–H groups in total. The van der Waals surface area contributed by atoms with Crippen LogP contribution in [0.3, 0.4) is 0 Å². The monoisotopic (exact) mass is 333 g/mol. The molecule has 0 heterocycles. The summed E-state index contributed by atoms with van der Waals surface area (Å²) in [5.74, 6) is 0.878. The average Bonchev–Trinajstić information content (AvgIpc) is 2.33. The van der Waals surface area contributed by atoms with Gasteiger partial charge < -0.3 is 10.1 Å². The second kappa shape index (κ2) is 8.38. The van der Waals surface area contributed by atoms with Crippen molar-refractivity contribution in [3.05, 3.63) is 28.8 Å². The molecule has 0 fully saturated rings. The number of hydrogen-bond donors (Lipinski definition) is 1. The molecule has 0 aliphatic heterocycles. The van der Waals surface area contributed by atoms with E-state index in [4.69, 9.17) is 16.3 Å². The maximum Gasteiger partial charge on any atom is 0.220 e. The van der Waals surface area contributed by atoms with E-state index in [-0.39, 0.29) is 5.91 Å². The lowest BCUT2D eigenvalue weighted by atomic mass is 10.1. The van der Waals surface area contributed by atoms with Gasteiger partial charge in [-0.1, -0.05) is 27.5 Å². The van der Waals surface area contributed by atoms with Crippen LogP contribution in [0.5, 0.6) is 5.75 Å². The summed E-state index contributed by atoms with van der Waals surface area (Å²) in [7, 11) is 0. The topological polar surface area (TPSA) is 38.3 Å². The van der Waals surface area contributed by atoms with E-state index in [9.17, 15) is 4.79 Å². The fourth-order valence-corrected chi connectivity index (χ4v) is 2.11. The zero-order chi connectivity index (χ0) is 13.4. The number of rotatable bonds is 7. The highest BCUT2D eigenvalue weighted by atomic mass is 79.9. The predicted molar refractivity (Wildman–Crippen MR) is 77.7 cm³/mol. The number of carbonyl (C=O) groups is 1. The van der Waals surface area contributed by atoms with Crippen molar-refractivity contribution in [3.8, 4) is 5.75 Å². The lowest BCUT2D eigenvalue weighted by Crippen LogP contribution is -2.25. The van der Waals surface area contributed by atoms with E-state index < -0.39 is 0 Å². The molecular weight excluding hydrogens is 318 g/mol. The molecular formula is C13H17BrClNO2. The molecule has 0 bridgehead atoms. The van der Waals surface area contributed by atoms with Crippen molar-refractivity contribution in [3.63, 3.8) is 0 Å². The van der Waals surface area contributed by atoms with Crippen LogP contribution < -0.4 is 10.1 Å². The Labute approximate surface area is 121 Å². The maximum absolute atomic E-state index is 11.3. The third-order valence-electron chi connectivity index (χ3n) is 2.36. The predicted octanol–water partition coefficient (Wildman–Crippen LogP) is 3.18. The molecule has 0 unspecified atom stereocenters. The average molecular weight is 335 g/mol. The van der Waals surface area contributed by atoms with Crippen LogP contribution in [0.15, 0.2) is 18.2 Å². The maximum atomic E-state index is 11.3. The van der Waals surface area contributed by atoms with Gasteiger partial charge >= 0.3 is 0 Å². The first kappa shape index (κ1) is 15.3. The molecule has 3 nitrogen and oxygen atoms in total. The lowest BCUT2D eigenvalue weighted by molar-refractivity contribution is -0.120. The van der Waals surface area contributed by atoms with Crippen molar-refractivity contribution in [1.82, 2.24) is 5.32 Å². The first-order chi connectivity index (χ1) is 8.67. The van der Waals surface area contributed by atoms with E-state index in [0.29, 0.717) is 36.3 Å². The van der Waals surface area contributed by atoms with Crippen LogP contribution in [0.25, 0.3) is 0 Å². The van der Waals surface area contributed by atoms with E-state index in [1.165, 1.54) is 0 Å². The Bertz CT molecular complexity index is 399. The zero-order valence-electron chi connectivity index (χ0n) is 10.3. The SMILES string of the molecule is CCOc1ccc(Cl)cc1CCNC(=O)CCBr. The van der Waals surface area contributed by atoms with Crippen LogP contribution in [0.1, 0.15) is 18.9 Å². The summed E-state index contributed by atoms with van der Waals surface area (Å²) in [5, 5.41) is 4.21. The van der Waals surface area contributed by atoms with Crippen LogP contribution in [0.2, 0.25) is 5.02 Å². The molecule has 18 heavy (non-hydrogen) atoms. The third kappa shape index (κ3) is 5.27. The standard InChI is InChI=1S/C13H17BrClNO2/c1-2-18-12-4-3-11(15)9-10(12)6-8-16-13(17)5-7-14/h3-4,9H,2,5-8H2,1H3,(H,16,17). The fourth-order valence-electron chi connectivity index (χ4n) is 1.55. The van der Waals surface area contributed by atoms with Gasteiger partial charge in [-0.15, -0.1) is 0 Å². The quantitative estimate of drug-likeness (QED) is 0.778. The fraction of sp³-hybridized carbons (Fsp3) is 0.462. The van der Waals surface area contributed by atoms with Gasteiger partial charge in [0.25, 0.3) is 0 Å². The first-order valence-electron chi connectivity index (χ1n) is 5.91. The zero-order valence-corrected chi connectivity index (χ0v) is 12.7. The Hall–Kier alpha value is -0.740. The number of ether oxygens (including phenoxy) is 1. The molecule has 5 heteroatoms. The minimum atomic E-state index is 0.0480. The molecule has 0 aromatic heterocycles. The molecule has 0 aliphatic rings. The lowest BCUT2D eigenvalue weighted by Gasteiger charge is -2.11. The van der Waals surface area contributed by atoms with E-state index in [1.807, 2.05) is 19.1 Å². The van der Waals surface area contributed by atoms with Gasteiger partial charge in [-0.3, -0.25) is 4.79 Å². The minimum absolute atomic E-state index is 0.0480. The summed E-state index contributed by atoms with van der Waals surface area (Å²) < 4.78 is 5.52. The van der Waals surface area contributed by atoms with Gasteiger partial charge in [-0.2, -0.15) is 0 Å². The summed E-state index contributed by atoms with van der Waals surface area (Å²) in [6.07, 6.45) is 1.21. The molecule has 0 saturated carbocycles. The van der Waals surface area contributed by atoms with E-state index in [0.717, 1.165) is 11.3 Å². The van der Waals surface area contributed by atoms with Crippen molar-refractivity contribution in [1.29, 1.82) is 0 Å². The second-order valence-electron chi connectivity index (χ2n) is 3.72. The van der Waals surface area contributed by atoms with Crippen molar-refractivity contribution in [2.24, 2.45) is 0 Å². The Balaban J connectivity index is 2.54. The summed E-state index contributed by atoms with van der Waals surface area (Å²) >= 11 is 9.19. The molecule has 0 saturated heterocycles. The van der Waals surface area contributed by atoms with Gasteiger partial charge in [0.05, 0.1) is 6.61 Å². The Morgan fingerprint density at radius 3 is 2.94 bits per heavy atom. The highest BCUT2D eigenvalue weighted by Gasteiger charge is 2.05. The van der Waals surface area contributed by atoms with Gasteiger partial charge in [0.15, 0.2) is 0 Å². The van der Waals surface area contributed by atoms with Gasteiger partial charge in [0.1, 0.15) is 5.75 Å². The first-order valence-corrected chi connectivity index (χ1v) is 7.41. The number of halogens is 2. The number of alkyl halides is 1.